The van der Waals surface area contributed by atoms with E-state index in [9.17, 15) is 8.78 Å². The summed E-state index contributed by atoms with van der Waals surface area (Å²) in [5.74, 6) is -1.23. The van der Waals surface area contributed by atoms with Crippen LogP contribution in [0.4, 0.5) is 8.78 Å². The molecule has 37 heavy (non-hydrogen) atoms. The predicted molar refractivity (Wildman–Crippen MR) is 135 cm³/mol. The van der Waals surface area contributed by atoms with Crippen molar-refractivity contribution < 1.29 is 22.7 Å². The van der Waals surface area contributed by atoms with Crippen molar-refractivity contribution in [2.24, 2.45) is 0 Å². The zero-order valence-electron chi connectivity index (χ0n) is 19.8. The van der Waals surface area contributed by atoms with E-state index in [-0.39, 0.29) is 0 Å². The molecule has 1 aliphatic rings. The Labute approximate surface area is 214 Å². The first kappa shape index (κ1) is 23.3. The number of nitrogens with one attached hydrogen (secondary N) is 1. The van der Waals surface area contributed by atoms with Gasteiger partial charge in [-0.3, -0.25) is 0 Å². The number of benzene rings is 2. The molecular weight excluding hydrogens is 500 g/mol. The van der Waals surface area contributed by atoms with Crippen LogP contribution in [0, 0.1) is 0 Å². The highest BCUT2D eigenvalue weighted by molar-refractivity contribution is 8.00. The van der Waals surface area contributed by atoms with Gasteiger partial charge in [-0.1, -0.05) is 30.0 Å². The molecule has 0 fully saturated rings. The number of rotatable bonds is 7. The van der Waals surface area contributed by atoms with Gasteiger partial charge in [0, 0.05) is 37.0 Å². The number of ether oxygens (including phenoxy) is 2. The second-order valence-corrected chi connectivity index (χ2v) is 9.70. The Balaban J connectivity index is 1.27. The van der Waals surface area contributed by atoms with Crippen molar-refractivity contribution in [2.75, 3.05) is 12.5 Å². The van der Waals surface area contributed by atoms with Crippen LogP contribution in [0.5, 0.6) is 11.5 Å². The molecule has 188 valence electrons. The minimum Gasteiger partial charge on any atom is -0.496 e. The van der Waals surface area contributed by atoms with Gasteiger partial charge in [0.25, 0.3) is 5.92 Å². The Morgan fingerprint density at radius 1 is 1.14 bits per heavy atom. The molecule has 6 rings (SSSR count). The summed E-state index contributed by atoms with van der Waals surface area (Å²) in [5, 5.41) is 0.117. The molecular formula is C26H21F2N5O3S. The highest BCUT2D eigenvalue weighted by Gasteiger charge is 2.40. The SMILES string of the molecule is COc1cc(OCc2cccc(-c3cncnc3)c2)c2cc(-c3cn4c(n3)SC(C(C)(F)F)N4)oc2c1. The molecule has 1 atom stereocenters. The third-order valence-corrected chi connectivity index (χ3v) is 7.14. The Morgan fingerprint density at radius 3 is 2.73 bits per heavy atom. The minimum absolute atomic E-state index is 0.316. The van der Waals surface area contributed by atoms with E-state index in [1.165, 1.54) is 11.0 Å². The van der Waals surface area contributed by atoms with Crippen LogP contribution < -0.4 is 14.9 Å². The monoisotopic (exact) mass is 521 g/mol. The lowest BCUT2D eigenvalue weighted by Gasteiger charge is -2.17. The van der Waals surface area contributed by atoms with E-state index in [1.54, 1.807) is 37.8 Å². The zero-order valence-corrected chi connectivity index (χ0v) is 20.6. The lowest BCUT2D eigenvalue weighted by atomic mass is 10.1. The van der Waals surface area contributed by atoms with Crippen molar-refractivity contribution in [3.05, 3.63) is 72.9 Å². The molecule has 0 amide bonds. The van der Waals surface area contributed by atoms with E-state index in [2.05, 4.69) is 20.4 Å². The smallest absolute Gasteiger partial charge is 0.276 e. The van der Waals surface area contributed by atoms with E-state index < -0.39 is 11.3 Å². The zero-order chi connectivity index (χ0) is 25.6. The summed E-state index contributed by atoms with van der Waals surface area (Å²) in [7, 11) is 1.57. The van der Waals surface area contributed by atoms with Crippen LogP contribution >= 0.6 is 11.8 Å². The topological polar surface area (TPSA) is 87.2 Å². The molecule has 0 bridgehead atoms. The van der Waals surface area contributed by atoms with Gasteiger partial charge in [0.05, 0.1) is 18.7 Å². The summed E-state index contributed by atoms with van der Waals surface area (Å²) in [4.78, 5) is 12.6. The number of imidazole rings is 1. The maximum Gasteiger partial charge on any atom is 0.276 e. The number of nitrogens with zero attached hydrogens (tertiary/aromatic N) is 4. The second kappa shape index (κ2) is 9.07. The molecule has 8 nitrogen and oxygen atoms in total. The number of hydrogen-bond donors (Lipinski definition) is 1. The molecule has 3 aromatic heterocycles. The fourth-order valence-electron chi connectivity index (χ4n) is 4.03. The van der Waals surface area contributed by atoms with E-state index in [4.69, 9.17) is 13.9 Å². The Kier molecular flexibility index (Phi) is 5.71. The van der Waals surface area contributed by atoms with Gasteiger partial charge < -0.3 is 19.3 Å². The fraction of sp³-hybridized carbons (Fsp3) is 0.192. The summed E-state index contributed by atoms with van der Waals surface area (Å²) in [5.41, 5.74) is 6.72. The third kappa shape index (κ3) is 4.57. The average Bonchev–Trinajstić information content (AvgIpc) is 3.61. The number of alkyl halides is 2. The van der Waals surface area contributed by atoms with E-state index in [1.807, 2.05) is 30.3 Å². The minimum atomic E-state index is -2.89. The molecule has 4 heterocycles. The van der Waals surface area contributed by atoms with Crippen molar-refractivity contribution >= 4 is 22.7 Å². The molecule has 0 saturated heterocycles. The van der Waals surface area contributed by atoms with Crippen LogP contribution in [-0.4, -0.2) is 38.0 Å². The molecule has 1 aliphatic heterocycles. The summed E-state index contributed by atoms with van der Waals surface area (Å²) in [6.45, 7) is 1.20. The summed E-state index contributed by atoms with van der Waals surface area (Å²) in [6, 6.07) is 13.4. The molecule has 11 heteroatoms. The standard InChI is InChI=1S/C26H21F2N5O3S/c1-26(27,28)24-32-33-12-20(31-25(33)37-24)23-9-19-21(7-18(34-2)8-22(19)36-23)35-13-15-4-3-5-16(6-15)17-10-29-14-30-11-17/h3-12,14,24,32H,13H2,1-2H3. The number of furan rings is 1. The first-order chi connectivity index (χ1) is 17.9. The Morgan fingerprint density at radius 2 is 1.97 bits per heavy atom. The summed E-state index contributed by atoms with van der Waals surface area (Å²) in [6.07, 6.45) is 6.66. The number of halogens is 2. The fourth-order valence-corrected chi connectivity index (χ4v) is 4.98. The van der Waals surface area contributed by atoms with Gasteiger partial charge in [-0.05, 0) is 23.3 Å². The predicted octanol–water partition coefficient (Wildman–Crippen LogP) is 5.97. The normalized spacial score (nSPS) is 15.0. The second-order valence-electron chi connectivity index (χ2n) is 8.63. The van der Waals surface area contributed by atoms with Crippen LogP contribution in [0.15, 0.2) is 77.0 Å². The van der Waals surface area contributed by atoms with E-state index in [0.29, 0.717) is 40.3 Å². The molecule has 0 spiro atoms. The van der Waals surface area contributed by atoms with Gasteiger partial charge in [0.15, 0.2) is 16.3 Å². The first-order valence-corrected chi connectivity index (χ1v) is 12.2. The maximum absolute atomic E-state index is 13.7. The molecule has 2 aromatic carbocycles. The van der Waals surface area contributed by atoms with Gasteiger partial charge >= 0.3 is 0 Å². The highest BCUT2D eigenvalue weighted by Crippen LogP contribution is 2.41. The number of aromatic nitrogens is 4. The van der Waals surface area contributed by atoms with Crippen LogP contribution in [0.2, 0.25) is 0 Å². The number of fused-ring (bicyclic) bond motifs is 2. The van der Waals surface area contributed by atoms with E-state index >= 15 is 0 Å². The summed E-state index contributed by atoms with van der Waals surface area (Å²) >= 11 is 0.976. The Hall–Kier alpha value is -4.12. The van der Waals surface area contributed by atoms with Gasteiger partial charge in [-0.15, -0.1) is 0 Å². The van der Waals surface area contributed by atoms with Crippen molar-refractivity contribution in [1.29, 1.82) is 0 Å². The van der Waals surface area contributed by atoms with Crippen molar-refractivity contribution in [3.8, 4) is 34.1 Å². The van der Waals surface area contributed by atoms with Crippen molar-refractivity contribution in [3.63, 3.8) is 0 Å². The van der Waals surface area contributed by atoms with Gasteiger partial charge in [0.1, 0.15) is 35.7 Å². The molecule has 5 aromatic rings. The molecule has 1 N–H and O–H groups in total. The summed E-state index contributed by atoms with van der Waals surface area (Å²) < 4.78 is 46.6. The maximum atomic E-state index is 13.7. The van der Waals surface area contributed by atoms with Crippen molar-refractivity contribution in [1.82, 2.24) is 19.6 Å². The quantitative estimate of drug-likeness (QED) is 0.280. The van der Waals surface area contributed by atoms with Crippen LogP contribution in [-0.2, 0) is 6.61 Å². The number of methoxy groups -OCH3 is 1. The Bertz CT molecular complexity index is 1560. The third-order valence-electron chi connectivity index (χ3n) is 5.89. The average molecular weight is 522 g/mol. The highest BCUT2D eigenvalue weighted by atomic mass is 32.2. The number of thioether (sulfide) groups is 1. The first-order valence-electron chi connectivity index (χ1n) is 11.4. The van der Waals surface area contributed by atoms with Crippen LogP contribution in [0.3, 0.4) is 0 Å². The molecule has 0 radical (unpaired) electrons. The van der Waals surface area contributed by atoms with Crippen LogP contribution in [0.25, 0.3) is 33.6 Å². The van der Waals surface area contributed by atoms with E-state index in [0.717, 1.165) is 40.8 Å². The van der Waals surface area contributed by atoms with Gasteiger partial charge in [0.2, 0.25) is 0 Å². The lowest BCUT2D eigenvalue weighted by molar-refractivity contribution is 0.0248. The number of hydrogen-bond acceptors (Lipinski definition) is 8. The van der Waals surface area contributed by atoms with Gasteiger partial charge in [-0.25, -0.2) is 28.4 Å². The molecule has 0 aliphatic carbocycles. The van der Waals surface area contributed by atoms with Crippen molar-refractivity contribution in [2.45, 2.75) is 30.0 Å². The molecule has 0 saturated carbocycles. The van der Waals surface area contributed by atoms with Gasteiger partial charge in [-0.2, -0.15) is 0 Å². The molecule has 1 unspecified atom stereocenters. The van der Waals surface area contributed by atoms with Crippen LogP contribution in [0.1, 0.15) is 12.5 Å². The largest absolute Gasteiger partial charge is 0.496 e. The lowest BCUT2D eigenvalue weighted by Crippen LogP contribution is -2.34.